The lowest BCUT2D eigenvalue weighted by molar-refractivity contribution is -0.124. The monoisotopic (exact) mass is 266 g/mol. The Morgan fingerprint density at radius 2 is 1.88 bits per heavy atom. The van der Waals surface area contributed by atoms with Gasteiger partial charge in [0.05, 0.1) is 18.2 Å². The number of rotatable bonds is 7. The predicted molar refractivity (Wildman–Crippen MR) is 73.4 cm³/mol. The molecule has 0 aromatic carbocycles. The molecule has 0 fully saturated rings. The zero-order valence-electron chi connectivity index (χ0n) is 11.6. The third-order valence-corrected chi connectivity index (χ3v) is 2.90. The van der Waals surface area contributed by atoms with Crippen LogP contribution in [-0.4, -0.2) is 30.7 Å². The fraction of sp³-hybridized carbons (Fsp3) is 0.917. The number of hydrogen-bond acceptors (Lipinski definition) is 3. The average molecular weight is 267 g/mol. The predicted octanol–water partition coefficient (Wildman–Crippen LogP) is 1.71. The summed E-state index contributed by atoms with van der Waals surface area (Å²) in [5, 5.41) is 2.97. The largest absolute Gasteiger partial charge is 0.378 e. The van der Waals surface area contributed by atoms with E-state index in [1.807, 2.05) is 20.8 Å². The van der Waals surface area contributed by atoms with Crippen molar-refractivity contribution in [2.45, 2.75) is 52.7 Å². The van der Waals surface area contributed by atoms with Gasteiger partial charge in [-0.25, -0.2) is 0 Å². The van der Waals surface area contributed by atoms with E-state index in [2.05, 4.69) is 19.2 Å². The van der Waals surface area contributed by atoms with Crippen LogP contribution in [0.4, 0.5) is 0 Å². The number of halogens is 1. The van der Waals surface area contributed by atoms with E-state index in [0.29, 0.717) is 25.5 Å². The van der Waals surface area contributed by atoms with Gasteiger partial charge in [0.2, 0.25) is 5.91 Å². The normalized spacial score (nSPS) is 14.4. The standard InChI is InChI=1S/C12H26N2O2.ClH/c1-9(2)12(5,8-13)14-11(15)6-7-16-10(3)4;/h9-10H,6-8,13H2,1-5H3,(H,14,15);1H. The van der Waals surface area contributed by atoms with E-state index in [1.54, 1.807) is 0 Å². The van der Waals surface area contributed by atoms with Crippen LogP contribution < -0.4 is 11.1 Å². The molecule has 0 bridgehead atoms. The highest BCUT2D eigenvalue weighted by Crippen LogP contribution is 2.14. The van der Waals surface area contributed by atoms with Crippen molar-refractivity contribution >= 4 is 18.3 Å². The number of carbonyl (C=O) groups is 1. The lowest BCUT2D eigenvalue weighted by Crippen LogP contribution is -2.55. The highest BCUT2D eigenvalue weighted by Gasteiger charge is 2.28. The Kier molecular flexibility index (Phi) is 9.77. The van der Waals surface area contributed by atoms with E-state index >= 15 is 0 Å². The molecule has 1 amide bonds. The van der Waals surface area contributed by atoms with E-state index in [9.17, 15) is 4.79 Å². The molecule has 4 nitrogen and oxygen atoms in total. The van der Waals surface area contributed by atoms with Crippen molar-refractivity contribution in [1.29, 1.82) is 0 Å². The number of nitrogens with two attached hydrogens (primary N) is 1. The molecule has 0 aliphatic carbocycles. The molecule has 0 rings (SSSR count). The second kappa shape index (κ2) is 8.72. The summed E-state index contributed by atoms with van der Waals surface area (Å²) in [5.41, 5.74) is 5.36. The third kappa shape index (κ3) is 7.58. The van der Waals surface area contributed by atoms with Crippen molar-refractivity contribution in [1.82, 2.24) is 5.32 Å². The smallest absolute Gasteiger partial charge is 0.222 e. The van der Waals surface area contributed by atoms with Gasteiger partial charge in [-0.2, -0.15) is 0 Å². The highest BCUT2D eigenvalue weighted by atomic mass is 35.5. The Bertz CT molecular complexity index is 223. The Morgan fingerprint density at radius 3 is 2.24 bits per heavy atom. The lowest BCUT2D eigenvalue weighted by atomic mass is 9.88. The van der Waals surface area contributed by atoms with Crippen LogP contribution in [0.3, 0.4) is 0 Å². The molecule has 1 unspecified atom stereocenters. The zero-order valence-corrected chi connectivity index (χ0v) is 12.4. The molecule has 0 aromatic rings. The van der Waals surface area contributed by atoms with Gasteiger partial charge in [-0.15, -0.1) is 12.4 Å². The van der Waals surface area contributed by atoms with E-state index in [4.69, 9.17) is 10.5 Å². The molecule has 104 valence electrons. The van der Waals surface area contributed by atoms with Gasteiger partial charge in [0.15, 0.2) is 0 Å². The summed E-state index contributed by atoms with van der Waals surface area (Å²) < 4.78 is 5.33. The van der Waals surface area contributed by atoms with E-state index < -0.39 is 0 Å². The van der Waals surface area contributed by atoms with Gasteiger partial charge in [0, 0.05) is 13.0 Å². The van der Waals surface area contributed by atoms with Crippen molar-refractivity contribution in [3.05, 3.63) is 0 Å². The summed E-state index contributed by atoms with van der Waals surface area (Å²) in [6.45, 7) is 10.9. The van der Waals surface area contributed by atoms with Gasteiger partial charge in [0.25, 0.3) is 0 Å². The summed E-state index contributed by atoms with van der Waals surface area (Å²) in [6.07, 6.45) is 0.555. The molecule has 17 heavy (non-hydrogen) atoms. The fourth-order valence-electron chi connectivity index (χ4n) is 1.20. The molecule has 0 heterocycles. The summed E-state index contributed by atoms with van der Waals surface area (Å²) in [4.78, 5) is 11.7. The highest BCUT2D eigenvalue weighted by molar-refractivity contribution is 5.85. The van der Waals surface area contributed by atoms with Crippen LogP contribution in [-0.2, 0) is 9.53 Å². The van der Waals surface area contributed by atoms with Crippen LogP contribution in [0.5, 0.6) is 0 Å². The molecule has 0 spiro atoms. The van der Waals surface area contributed by atoms with Crippen LogP contribution in [0.1, 0.15) is 41.0 Å². The summed E-state index contributed by atoms with van der Waals surface area (Å²) in [6, 6.07) is 0. The van der Waals surface area contributed by atoms with Gasteiger partial charge in [0.1, 0.15) is 0 Å². The molecule has 3 N–H and O–H groups in total. The third-order valence-electron chi connectivity index (χ3n) is 2.90. The molecule has 0 aliphatic rings. The van der Waals surface area contributed by atoms with Crippen molar-refractivity contribution in [2.75, 3.05) is 13.2 Å². The maximum absolute atomic E-state index is 11.7. The quantitative estimate of drug-likeness (QED) is 0.737. The van der Waals surface area contributed by atoms with Crippen molar-refractivity contribution in [3.63, 3.8) is 0 Å². The SMILES string of the molecule is CC(C)OCCC(=O)NC(C)(CN)C(C)C.Cl. The Hall–Kier alpha value is -0.320. The molecule has 1 atom stereocenters. The lowest BCUT2D eigenvalue weighted by Gasteiger charge is -2.33. The minimum absolute atomic E-state index is 0. The van der Waals surface area contributed by atoms with Gasteiger partial charge in [-0.1, -0.05) is 13.8 Å². The second-order valence-corrected chi connectivity index (χ2v) is 4.99. The number of nitrogens with one attached hydrogen (secondary N) is 1. The minimum atomic E-state index is -0.324. The molecule has 0 saturated heterocycles. The molecule has 0 saturated carbocycles. The maximum atomic E-state index is 11.7. The Morgan fingerprint density at radius 1 is 1.35 bits per heavy atom. The van der Waals surface area contributed by atoms with Crippen LogP contribution >= 0.6 is 12.4 Å². The molecule has 0 aliphatic heterocycles. The van der Waals surface area contributed by atoms with Crippen LogP contribution in [0, 0.1) is 5.92 Å². The van der Waals surface area contributed by atoms with Gasteiger partial charge in [-0.3, -0.25) is 4.79 Å². The van der Waals surface area contributed by atoms with E-state index in [0.717, 1.165) is 0 Å². The maximum Gasteiger partial charge on any atom is 0.222 e. The van der Waals surface area contributed by atoms with Gasteiger partial charge < -0.3 is 15.8 Å². The number of amides is 1. The Labute approximate surface area is 111 Å². The number of hydrogen-bond donors (Lipinski definition) is 2. The summed E-state index contributed by atoms with van der Waals surface area (Å²) >= 11 is 0. The van der Waals surface area contributed by atoms with Crippen LogP contribution in [0.25, 0.3) is 0 Å². The number of carbonyl (C=O) groups excluding carboxylic acids is 1. The minimum Gasteiger partial charge on any atom is -0.378 e. The fourth-order valence-corrected chi connectivity index (χ4v) is 1.20. The summed E-state index contributed by atoms with van der Waals surface area (Å²) in [7, 11) is 0. The van der Waals surface area contributed by atoms with Crippen molar-refractivity contribution in [3.8, 4) is 0 Å². The van der Waals surface area contributed by atoms with Gasteiger partial charge in [-0.05, 0) is 26.7 Å². The first-order chi connectivity index (χ1) is 7.31. The molecule has 0 aromatic heterocycles. The molecular weight excluding hydrogens is 240 g/mol. The average Bonchev–Trinajstić information content (AvgIpc) is 2.16. The van der Waals surface area contributed by atoms with E-state index in [-0.39, 0.29) is 30.0 Å². The van der Waals surface area contributed by atoms with Crippen molar-refractivity contribution < 1.29 is 9.53 Å². The van der Waals surface area contributed by atoms with E-state index in [1.165, 1.54) is 0 Å². The van der Waals surface area contributed by atoms with Crippen molar-refractivity contribution in [2.24, 2.45) is 11.7 Å². The first kappa shape index (κ1) is 19.0. The molecule has 5 heteroatoms. The number of ether oxygens (including phenoxy) is 1. The van der Waals surface area contributed by atoms with Crippen LogP contribution in [0.15, 0.2) is 0 Å². The van der Waals surface area contributed by atoms with Crippen LogP contribution in [0.2, 0.25) is 0 Å². The molecular formula is C12H27ClN2O2. The topological polar surface area (TPSA) is 64.3 Å². The molecule has 0 radical (unpaired) electrons. The Balaban J connectivity index is 0. The summed E-state index contributed by atoms with van der Waals surface area (Å²) in [5.74, 6) is 0.315. The zero-order chi connectivity index (χ0) is 12.8. The second-order valence-electron chi connectivity index (χ2n) is 4.99. The van der Waals surface area contributed by atoms with Gasteiger partial charge >= 0.3 is 0 Å². The first-order valence-corrected chi connectivity index (χ1v) is 5.94. The first-order valence-electron chi connectivity index (χ1n) is 5.94.